The van der Waals surface area contributed by atoms with Crippen LogP contribution in [0, 0.1) is 5.92 Å². The molecular formula is C16H23NO. The Bertz CT molecular complexity index is 379. The van der Waals surface area contributed by atoms with E-state index in [4.69, 9.17) is 4.74 Å². The fourth-order valence-electron chi connectivity index (χ4n) is 2.29. The standard InChI is InChI=1S/C16H23NO/c1-3-4-5-12-17-16(13-6-7-13)14-8-10-15(18-2)11-9-14/h3-4,8-11,13,16-17H,5-7,12H2,1-2H3/b4-3+. The summed E-state index contributed by atoms with van der Waals surface area (Å²) < 4.78 is 5.21. The van der Waals surface area contributed by atoms with E-state index < -0.39 is 0 Å². The maximum absolute atomic E-state index is 5.21. The van der Waals surface area contributed by atoms with Gasteiger partial charge in [-0.2, -0.15) is 0 Å². The van der Waals surface area contributed by atoms with Gasteiger partial charge in [-0.15, -0.1) is 0 Å². The molecule has 0 aliphatic heterocycles. The van der Waals surface area contributed by atoms with E-state index in [9.17, 15) is 0 Å². The summed E-state index contributed by atoms with van der Waals surface area (Å²) in [7, 11) is 1.71. The molecule has 1 aromatic carbocycles. The summed E-state index contributed by atoms with van der Waals surface area (Å²) in [6, 6.07) is 8.99. The van der Waals surface area contributed by atoms with Gasteiger partial charge in [0.2, 0.25) is 0 Å². The molecule has 0 bridgehead atoms. The number of hydrogen-bond donors (Lipinski definition) is 1. The van der Waals surface area contributed by atoms with Crippen molar-refractivity contribution >= 4 is 0 Å². The molecule has 98 valence electrons. The fourth-order valence-corrected chi connectivity index (χ4v) is 2.29. The number of hydrogen-bond acceptors (Lipinski definition) is 2. The van der Waals surface area contributed by atoms with Gasteiger partial charge >= 0.3 is 0 Å². The van der Waals surface area contributed by atoms with Crippen LogP contribution in [-0.2, 0) is 0 Å². The Kier molecular flexibility index (Phi) is 4.82. The number of methoxy groups -OCH3 is 1. The summed E-state index contributed by atoms with van der Waals surface area (Å²) >= 11 is 0. The number of nitrogens with one attached hydrogen (secondary N) is 1. The predicted octanol–water partition coefficient (Wildman–Crippen LogP) is 3.70. The van der Waals surface area contributed by atoms with Crippen molar-refractivity contribution in [3.8, 4) is 5.75 Å². The van der Waals surface area contributed by atoms with Crippen LogP contribution in [0.5, 0.6) is 5.75 Å². The molecule has 1 atom stereocenters. The van der Waals surface area contributed by atoms with Crippen molar-refractivity contribution < 1.29 is 4.74 Å². The molecule has 1 fully saturated rings. The molecule has 0 aromatic heterocycles. The number of benzene rings is 1. The topological polar surface area (TPSA) is 21.3 Å². The van der Waals surface area contributed by atoms with Gasteiger partial charge < -0.3 is 10.1 Å². The fraction of sp³-hybridized carbons (Fsp3) is 0.500. The Balaban J connectivity index is 1.95. The van der Waals surface area contributed by atoms with Crippen molar-refractivity contribution in [2.45, 2.75) is 32.2 Å². The lowest BCUT2D eigenvalue weighted by atomic mass is 10.0. The zero-order chi connectivity index (χ0) is 12.8. The van der Waals surface area contributed by atoms with Crippen molar-refractivity contribution in [2.75, 3.05) is 13.7 Å². The van der Waals surface area contributed by atoms with Gasteiger partial charge in [-0.05, 0) is 56.3 Å². The molecule has 1 aromatic rings. The van der Waals surface area contributed by atoms with Crippen LogP contribution in [0.2, 0.25) is 0 Å². The molecule has 1 N–H and O–H groups in total. The molecule has 0 heterocycles. The monoisotopic (exact) mass is 245 g/mol. The molecule has 1 unspecified atom stereocenters. The van der Waals surface area contributed by atoms with Crippen molar-refractivity contribution in [3.05, 3.63) is 42.0 Å². The van der Waals surface area contributed by atoms with E-state index in [1.165, 1.54) is 18.4 Å². The first kappa shape index (κ1) is 13.2. The zero-order valence-electron chi connectivity index (χ0n) is 11.4. The SMILES string of the molecule is C/C=C/CCNC(c1ccc(OC)cc1)C1CC1. The van der Waals surface area contributed by atoms with E-state index in [0.717, 1.165) is 24.6 Å². The number of allylic oxidation sites excluding steroid dienone is 1. The minimum absolute atomic E-state index is 0.515. The highest BCUT2D eigenvalue weighted by atomic mass is 16.5. The predicted molar refractivity (Wildman–Crippen MR) is 75.9 cm³/mol. The molecule has 1 aliphatic carbocycles. The molecule has 0 amide bonds. The molecule has 18 heavy (non-hydrogen) atoms. The van der Waals surface area contributed by atoms with Crippen LogP contribution < -0.4 is 10.1 Å². The zero-order valence-corrected chi connectivity index (χ0v) is 11.4. The van der Waals surface area contributed by atoms with Gasteiger partial charge in [0.1, 0.15) is 5.75 Å². The molecule has 1 aliphatic rings. The maximum Gasteiger partial charge on any atom is 0.118 e. The van der Waals surface area contributed by atoms with Crippen LogP contribution in [0.1, 0.15) is 37.8 Å². The van der Waals surface area contributed by atoms with Crippen LogP contribution in [-0.4, -0.2) is 13.7 Å². The Hall–Kier alpha value is -1.28. The Morgan fingerprint density at radius 2 is 2.06 bits per heavy atom. The van der Waals surface area contributed by atoms with Gasteiger partial charge in [0.15, 0.2) is 0 Å². The molecule has 2 nitrogen and oxygen atoms in total. The van der Waals surface area contributed by atoms with Gasteiger partial charge in [-0.25, -0.2) is 0 Å². The third-order valence-corrected chi connectivity index (χ3v) is 3.48. The Morgan fingerprint density at radius 3 is 2.61 bits per heavy atom. The number of rotatable bonds is 7. The highest BCUT2D eigenvalue weighted by Crippen LogP contribution is 2.41. The molecule has 2 rings (SSSR count). The van der Waals surface area contributed by atoms with Crippen molar-refractivity contribution in [1.82, 2.24) is 5.32 Å². The van der Waals surface area contributed by atoms with Crippen LogP contribution >= 0.6 is 0 Å². The summed E-state index contributed by atoms with van der Waals surface area (Å²) in [6.07, 6.45) is 8.14. The second-order valence-corrected chi connectivity index (χ2v) is 4.90. The van der Waals surface area contributed by atoms with Gasteiger partial charge in [0.25, 0.3) is 0 Å². The first-order valence-electron chi connectivity index (χ1n) is 6.83. The molecule has 0 radical (unpaired) electrons. The van der Waals surface area contributed by atoms with Crippen molar-refractivity contribution in [1.29, 1.82) is 0 Å². The number of ether oxygens (including phenoxy) is 1. The smallest absolute Gasteiger partial charge is 0.118 e. The van der Waals surface area contributed by atoms with E-state index in [2.05, 4.69) is 48.7 Å². The quantitative estimate of drug-likeness (QED) is 0.584. The van der Waals surface area contributed by atoms with Crippen LogP contribution in [0.15, 0.2) is 36.4 Å². The van der Waals surface area contributed by atoms with Gasteiger partial charge in [0, 0.05) is 6.04 Å². The molecule has 2 heteroatoms. The van der Waals surface area contributed by atoms with E-state index >= 15 is 0 Å². The summed E-state index contributed by atoms with van der Waals surface area (Å²) in [5.74, 6) is 1.76. The first-order chi connectivity index (χ1) is 8.85. The second kappa shape index (κ2) is 6.60. The lowest BCUT2D eigenvalue weighted by Gasteiger charge is -2.18. The van der Waals surface area contributed by atoms with E-state index in [0.29, 0.717) is 6.04 Å². The summed E-state index contributed by atoms with van der Waals surface area (Å²) in [6.45, 7) is 3.12. The Labute approximate surface area is 110 Å². The third kappa shape index (κ3) is 3.61. The minimum atomic E-state index is 0.515. The van der Waals surface area contributed by atoms with Gasteiger partial charge in [-0.3, -0.25) is 0 Å². The van der Waals surface area contributed by atoms with Gasteiger partial charge in [-0.1, -0.05) is 24.3 Å². The second-order valence-electron chi connectivity index (χ2n) is 4.90. The average molecular weight is 245 g/mol. The van der Waals surface area contributed by atoms with Crippen molar-refractivity contribution in [2.24, 2.45) is 5.92 Å². The highest BCUT2D eigenvalue weighted by molar-refractivity contribution is 5.30. The van der Waals surface area contributed by atoms with Crippen LogP contribution in [0.4, 0.5) is 0 Å². The average Bonchev–Trinajstić information content (AvgIpc) is 3.24. The molecule has 0 saturated heterocycles. The highest BCUT2D eigenvalue weighted by Gasteiger charge is 2.31. The molecule has 0 spiro atoms. The summed E-state index contributed by atoms with van der Waals surface area (Å²) in [5.41, 5.74) is 1.39. The third-order valence-electron chi connectivity index (χ3n) is 3.48. The first-order valence-corrected chi connectivity index (χ1v) is 6.83. The Morgan fingerprint density at radius 1 is 1.33 bits per heavy atom. The van der Waals surface area contributed by atoms with Crippen LogP contribution in [0.25, 0.3) is 0 Å². The summed E-state index contributed by atoms with van der Waals surface area (Å²) in [5, 5.41) is 3.68. The lowest BCUT2D eigenvalue weighted by molar-refractivity contribution is 0.414. The maximum atomic E-state index is 5.21. The van der Waals surface area contributed by atoms with Crippen LogP contribution in [0.3, 0.4) is 0 Å². The largest absolute Gasteiger partial charge is 0.497 e. The lowest BCUT2D eigenvalue weighted by Crippen LogP contribution is -2.23. The van der Waals surface area contributed by atoms with E-state index in [1.54, 1.807) is 7.11 Å². The molecule has 1 saturated carbocycles. The normalized spacial score (nSPS) is 17.0. The van der Waals surface area contributed by atoms with Crippen molar-refractivity contribution in [3.63, 3.8) is 0 Å². The van der Waals surface area contributed by atoms with E-state index in [-0.39, 0.29) is 0 Å². The molecular weight excluding hydrogens is 222 g/mol. The minimum Gasteiger partial charge on any atom is -0.497 e. The summed E-state index contributed by atoms with van der Waals surface area (Å²) in [4.78, 5) is 0. The van der Waals surface area contributed by atoms with E-state index in [1.807, 2.05) is 0 Å². The van der Waals surface area contributed by atoms with Gasteiger partial charge in [0.05, 0.1) is 7.11 Å².